The number of rotatable bonds is 4. The largest absolute Gasteiger partial charge is 0.293 e. The van der Waals surface area contributed by atoms with E-state index in [4.69, 9.17) is 0 Å². The summed E-state index contributed by atoms with van der Waals surface area (Å²) in [7, 11) is 0. The van der Waals surface area contributed by atoms with Crippen molar-refractivity contribution in [2.24, 2.45) is 5.92 Å². The van der Waals surface area contributed by atoms with Gasteiger partial charge in [-0.15, -0.1) is 11.3 Å². The minimum atomic E-state index is 0.150. The summed E-state index contributed by atoms with van der Waals surface area (Å²) in [6.07, 6.45) is 1.89. The molecule has 0 saturated heterocycles. The van der Waals surface area contributed by atoms with Crippen LogP contribution in [-0.4, -0.2) is 5.78 Å². The van der Waals surface area contributed by atoms with Crippen LogP contribution in [0.5, 0.6) is 0 Å². The first-order valence-electron chi connectivity index (χ1n) is 6.04. The summed E-state index contributed by atoms with van der Waals surface area (Å²) >= 11 is 1.66. The van der Waals surface area contributed by atoms with Gasteiger partial charge in [-0.1, -0.05) is 34.6 Å². The third-order valence-electron chi connectivity index (χ3n) is 2.94. The highest BCUT2D eigenvalue weighted by Crippen LogP contribution is 2.31. The number of carbonyl (C=O) groups is 1. The van der Waals surface area contributed by atoms with Crippen molar-refractivity contribution in [3.8, 4) is 0 Å². The molecule has 0 aliphatic heterocycles. The van der Waals surface area contributed by atoms with Crippen molar-refractivity contribution in [2.45, 2.75) is 52.9 Å². The van der Waals surface area contributed by atoms with Gasteiger partial charge in [0.05, 0.1) is 4.88 Å². The highest BCUT2D eigenvalue weighted by atomic mass is 32.1. The lowest BCUT2D eigenvalue weighted by Gasteiger charge is -2.15. The van der Waals surface area contributed by atoms with Crippen LogP contribution < -0.4 is 0 Å². The van der Waals surface area contributed by atoms with Gasteiger partial charge < -0.3 is 0 Å². The molecule has 2 heteroatoms. The minimum Gasteiger partial charge on any atom is -0.293 e. The quantitative estimate of drug-likeness (QED) is 0.697. The lowest BCUT2D eigenvalue weighted by Crippen LogP contribution is -2.11. The summed E-state index contributed by atoms with van der Waals surface area (Å²) in [5.74, 6) is 0.525. The Morgan fingerprint density at radius 3 is 2.19 bits per heavy atom. The molecule has 0 bridgehead atoms. The third kappa shape index (κ3) is 2.94. The molecule has 1 aromatic heterocycles. The molecular weight excluding hydrogens is 216 g/mol. The predicted molar refractivity (Wildman–Crippen MR) is 71.4 cm³/mol. The topological polar surface area (TPSA) is 17.1 Å². The van der Waals surface area contributed by atoms with Crippen molar-refractivity contribution in [1.29, 1.82) is 0 Å². The molecule has 0 atom stereocenters. The first-order chi connectivity index (χ1) is 7.40. The van der Waals surface area contributed by atoms with Crippen molar-refractivity contribution >= 4 is 17.1 Å². The zero-order valence-corrected chi connectivity index (χ0v) is 11.8. The normalized spacial score (nSPS) is 12.1. The van der Waals surface area contributed by atoms with Gasteiger partial charge in [0.1, 0.15) is 0 Å². The fourth-order valence-corrected chi connectivity index (χ4v) is 2.82. The van der Waals surface area contributed by atoms with E-state index in [-0.39, 0.29) is 11.3 Å². The zero-order valence-electron chi connectivity index (χ0n) is 11.0. The molecule has 0 N–H and O–H groups in total. The molecule has 1 aromatic rings. The molecule has 0 amide bonds. The molecule has 0 saturated carbocycles. The van der Waals surface area contributed by atoms with Crippen LogP contribution in [0, 0.1) is 5.92 Å². The van der Waals surface area contributed by atoms with Gasteiger partial charge in [0, 0.05) is 10.8 Å². The SMILES string of the molecule is CCC(CC)C(=O)c1ccc(C(C)(C)C)s1. The Morgan fingerprint density at radius 1 is 1.25 bits per heavy atom. The smallest absolute Gasteiger partial charge is 0.175 e. The van der Waals surface area contributed by atoms with E-state index < -0.39 is 0 Å². The van der Waals surface area contributed by atoms with E-state index in [9.17, 15) is 4.79 Å². The van der Waals surface area contributed by atoms with Crippen LogP contribution in [0.2, 0.25) is 0 Å². The second kappa shape index (κ2) is 5.13. The van der Waals surface area contributed by atoms with Crippen LogP contribution in [0.25, 0.3) is 0 Å². The lowest BCUT2D eigenvalue weighted by atomic mass is 9.94. The number of hydrogen-bond donors (Lipinski definition) is 0. The number of hydrogen-bond acceptors (Lipinski definition) is 2. The second-order valence-corrected chi connectivity index (χ2v) is 6.38. The van der Waals surface area contributed by atoms with E-state index in [0.717, 1.165) is 17.7 Å². The van der Waals surface area contributed by atoms with Gasteiger partial charge in [-0.05, 0) is 30.4 Å². The Hall–Kier alpha value is -0.630. The van der Waals surface area contributed by atoms with E-state index >= 15 is 0 Å². The predicted octanol–water partition coefficient (Wildman–Crippen LogP) is 4.66. The minimum absolute atomic E-state index is 0.150. The van der Waals surface area contributed by atoms with Crippen LogP contribution in [0.1, 0.15) is 62.0 Å². The highest BCUT2D eigenvalue weighted by molar-refractivity contribution is 7.14. The van der Waals surface area contributed by atoms with E-state index in [1.54, 1.807) is 11.3 Å². The van der Waals surface area contributed by atoms with Crippen molar-refractivity contribution < 1.29 is 4.79 Å². The zero-order chi connectivity index (χ0) is 12.3. The molecule has 0 fully saturated rings. The van der Waals surface area contributed by atoms with Crippen LogP contribution in [0.3, 0.4) is 0 Å². The number of ketones is 1. The van der Waals surface area contributed by atoms with Crippen molar-refractivity contribution in [3.63, 3.8) is 0 Å². The molecule has 0 aliphatic rings. The summed E-state index contributed by atoms with van der Waals surface area (Å²) < 4.78 is 0. The third-order valence-corrected chi connectivity index (χ3v) is 4.47. The summed E-state index contributed by atoms with van der Waals surface area (Å²) in [6, 6.07) is 4.09. The van der Waals surface area contributed by atoms with Gasteiger partial charge in [-0.3, -0.25) is 4.79 Å². The molecule has 16 heavy (non-hydrogen) atoms. The average Bonchev–Trinajstić information content (AvgIpc) is 2.67. The number of thiophene rings is 1. The Kier molecular flexibility index (Phi) is 4.31. The molecule has 0 radical (unpaired) electrons. The molecule has 90 valence electrons. The van der Waals surface area contributed by atoms with Gasteiger partial charge >= 0.3 is 0 Å². The van der Waals surface area contributed by atoms with Crippen LogP contribution in [0.4, 0.5) is 0 Å². The molecule has 1 nitrogen and oxygen atoms in total. The lowest BCUT2D eigenvalue weighted by molar-refractivity contribution is 0.0917. The molecule has 0 spiro atoms. The van der Waals surface area contributed by atoms with E-state index in [2.05, 4.69) is 40.7 Å². The van der Waals surface area contributed by atoms with Gasteiger partial charge in [-0.2, -0.15) is 0 Å². The summed E-state index contributed by atoms with van der Waals surface area (Å²) in [6.45, 7) is 10.7. The maximum atomic E-state index is 12.2. The standard InChI is InChI=1S/C14H22OS/c1-6-10(7-2)13(15)11-8-9-12(16-11)14(3,4)5/h8-10H,6-7H2,1-5H3. The molecule has 0 unspecified atom stereocenters. The Morgan fingerprint density at radius 2 is 1.81 bits per heavy atom. The maximum absolute atomic E-state index is 12.2. The molecule has 0 aromatic carbocycles. The van der Waals surface area contributed by atoms with E-state index in [1.807, 2.05) is 6.07 Å². The van der Waals surface area contributed by atoms with Crippen LogP contribution in [-0.2, 0) is 5.41 Å². The van der Waals surface area contributed by atoms with Gasteiger partial charge in [0.25, 0.3) is 0 Å². The Labute approximate surface area is 103 Å². The van der Waals surface area contributed by atoms with Crippen molar-refractivity contribution in [1.82, 2.24) is 0 Å². The van der Waals surface area contributed by atoms with Crippen molar-refractivity contribution in [3.05, 3.63) is 21.9 Å². The van der Waals surface area contributed by atoms with E-state index in [0.29, 0.717) is 5.78 Å². The summed E-state index contributed by atoms with van der Waals surface area (Å²) in [4.78, 5) is 14.4. The van der Waals surface area contributed by atoms with Crippen molar-refractivity contribution in [2.75, 3.05) is 0 Å². The average molecular weight is 238 g/mol. The molecule has 1 rings (SSSR count). The second-order valence-electron chi connectivity index (χ2n) is 5.29. The van der Waals surface area contributed by atoms with Crippen LogP contribution >= 0.6 is 11.3 Å². The van der Waals surface area contributed by atoms with Crippen LogP contribution in [0.15, 0.2) is 12.1 Å². The number of Topliss-reactive ketones (excluding diaryl/α,β-unsaturated/α-hetero) is 1. The Balaban J connectivity index is 2.90. The van der Waals surface area contributed by atoms with Gasteiger partial charge in [-0.25, -0.2) is 0 Å². The Bertz CT molecular complexity index is 353. The first kappa shape index (κ1) is 13.4. The monoisotopic (exact) mass is 238 g/mol. The highest BCUT2D eigenvalue weighted by Gasteiger charge is 2.21. The van der Waals surface area contributed by atoms with E-state index in [1.165, 1.54) is 4.88 Å². The maximum Gasteiger partial charge on any atom is 0.175 e. The van der Waals surface area contributed by atoms with Gasteiger partial charge in [0.15, 0.2) is 5.78 Å². The molecule has 1 heterocycles. The summed E-state index contributed by atoms with van der Waals surface area (Å²) in [5, 5.41) is 0. The molecular formula is C14H22OS. The summed E-state index contributed by atoms with van der Waals surface area (Å²) in [5.41, 5.74) is 0.150. The van der Waals surface area contributed by atoms with Gasteiger partial charge in [0.2, 0.25) is 0 Å². The fourth-order valence-electron chi connectivity index (χ4n) is 1.73. The first-order valence-corrected chi connectivity index (χ1v) is 6.86. The fraction of sp³-hybridized carbons (Fsp3) is 0.643. The molecule has 0 aliphatic carbocycles. The number of carbonyl (C=O) groups excluding carboxylic acids is 1.